The fourth-order valence-corrected chi connectivity index (χ4v) is 2.47. The average molecular weight is 226 g/mol. The molecule has 0 unspecified atom stereocenters. The van der Waals surface area contributed by atoms with E-state index in [1.807, 2.05) is 13.8 Å². The lowest BCUT2D eigenvalue weighted by molar-refractivity contribution is -0.125. The predicted octanol–water partition coefficient (Wildman–Crippen LogP) is 2.07. The summed E-state index contributed by atoms with van der Waals surface area (Å²) in [6.07, 6.45) is 6.89. The summed E-state index contributed by atoms with van der Waals surface area (Å²) in [6.45, 7) is 6.10. The van der Waals surface area contributed by atoms with E-state index < -0.39 is 0 Å². The Hall–Kier alpha value is -0.570. The van der Waals surface area contributed by atoms with Crippen LogP contribution in [0.5, 0.6) is 0 Å². The first-order valence-electron chi connectivity index (χ1n) is 6.87. The molecule has 0 aromatic heterocycles. The third kappa shape index (κ3) is 4.12. The molecule has 2 N–H and O–H groups in total. The maximum atomic E-state index is 11.8. The second-order valence-corrected chi connectivity index (χ2v) is 4.51. The molecule has 0 aromatic rings. The van der Waals surface area contributed by atoms with Crippen molar-refractivity contribution in [3.63, 3.8) is 0 Å². The number of amides is 1. The number of rotatable bonds is 2. The van der Waals surface area contributed by atoms with Crippen molar-refractivity contribution in [2.45, 2.75) is 58.4 Å². The highest BCUT2D eigenvalue weighted by Gasteiger charge is 2.24. The molecule has 2 rings (SSSR count). The fourth-order valence-electron chi connectivity index (χ4n) is 2.47. The van der Waals surface area contributed by atoms with Crippen molar-refractivity contribution < 1.29 is 4.79 Å². The largest absolute Gasteiger partial charge is 0.353 e. The second kappa shape index (κ2) is 7.66. The van der Waals surface area contributed by atoms with E-state index in [2.05, 4.69) is 10.6 Å². The maximum absolute atomic E-state index is 11.8. The van der Waals surface area contributed by atoms with E-state index in [-0.39, 0.29) is 0 Å². The van der Waals surface area contributed by atoms with Gasteiger partial charge in [-0.05, 0) is 38.8 Å². The Labute approximate surface area is 99.4 Å². The summed E-state index contributed by atoms with van der Waals surface area (Å²) in [5, 5.41) is 6.49. The number of carbonyl (C=O) groups is 1. The molecule has 0 spiro atoms. The van der Waals surface area contributed by atoms with Gasteiger partial charge in [0.05, 0.1) is 0 Å². The van der Waals surface area contributed by atoms with Gasteiger partial charge in [0.2, 0.25) is 5.91 Å². The molecule has 94 valence electrons. The van der Waals surface area contributed by atoms with Gasteiger partial charge in [0.15, 0.2) is 0 Å². The maximum Gasteiger partial charge on any atom is 0.223 e. The lowest BCUT2D eigenvalue weighted by Crippen LogP contribution is -2.44. The quantitative estimate of drug-likeness (QED) is 0.757. The minimum Gasteiger partial charge on any atom is -0.353 e. The summed E-state index contributed by atoms with van der Waals surface area (Å²) in [5.74, 6) is 0.638. The number of hydrogen-bond acceptors (Lipinski definition) is 2. The molecule has 16 heavy (non-hydrogen) atoms. The van der Waals surface area contributed by atoms with Gasteiger partial charge in [-0.2, -0.15) is 0 Å². The van der Waals surface area contributed by atoms with Gasteiger partial charge in [-0.1, -0.05) is 26.7 Å². The molecule has 1 saturated heterocycles. The SMILES string of the molecule is CC.O=C(NC1CCNCC1)C1CCCC1. The second-order valence-electron chi connectivity index (χ2n) is 4.51. The number of nitrogens with one attached hydrogen (secondary N) is 2. The van der Waals surface area contributed by atoms with E-state index in [1.165, 1.54) is 12.8 Å². The van der Waals surface area contributed by atoms with Crippen molar-refractivity contribution in [2.24, 2.45) is 5.92 Å². The van der Waals surface area contributed by atoms with E-state index in [0.29, 0.717) is 17.9 Å². The molecule has 0 radical (unpaired) electrons. The zero-order valence-electron chi connectivity index (χ0n) is 10.7. The van der Waals surface area contributed by atoms with Gasteiger partial charge < -0.3 is 10.6 Å². The summed E-state index contributed by atoms with van der Waals surface area (Å²) >= 11 is 0. The molecular weight excluding hydrogens is 200 g/mol. The van der Waals surface area contributed by atoms with E-state index in [0.717, 1.165) is 38.8 Å². The first-order chi connectivity index (χ1) is 7.86. The minimum absolute atomic E-state index is 0.314. The van der Waals surface area contributed by atoms with Gasteiger partial charge in [0.1, 0.15) is 0 Å². The van der Waals surface area contributed by atoms with Crippen LogP contribution in [0.4, 0.5) is 0 Å². The average Bonchev–Trinajstić information content (AvgIpc) is 2.86. The third-order valence-corrected chi connectivity index (χ3v) is 3.41. The Bertz CT molecular complexity index is 194. The molecule has 1 heterocycles. The standard InChI is InChI=1S/C11H20N2O.C2H6/c14-11(9-3-1-2-4-9)13-10-5-7-12-8-6-10;1-2/h9-10,12H,1-8H2,(H,13,14);1-2H3. The Morgan fingerprint density at radius 1 is 1.06 bits per heavy atom. The van der Waals surface area contributed by atoms with Crippen LogP contribution in [0, 0.1) is 5.92 Å². The number of carbonyl (C=O) groups excluding carboxylic acids is 1. The van der Waals surface area contributed by atoms with E-state index in [9.17, 15) is 4.79 Å². The van der Waals surface area contributed by atoms with Crippen LogP contribution < -0.4 is 10.6 Å². The van der Waals surface area contributed by atoms with Gasteiger partial charge in [-0.25, -0.2) is 0 Å². The summed E-state index contributed by atoms with van der Waals surface area (Å²) in [7, 11) is 0. The highest BCUT2D eigenvalue weighted by Crippen LogP contribution is 2.25. The zero-order valence-corrected chi connectivity index (χ0v) is 10.7. The summed E-state index contributed by atoms with van der Waals surface area (Å²) in [5.41, 5.74) is 0. The van der Waals surface area contributed by atoms with E-state index in [1.54, 1.807) is 0 Å². The van der Waals surface area contributed by atoms with Crippen molar-refractivity contribution in [2.75, 3.05) is 13.1 Å². The first kappa shape index (κ1) is 13.5. The monoisotopic (exact) mass is 226 g/mol. The third-order valence-electron chi connectivity index (χ3n) is 3.41. The van der Waals surface area contributed by atoms with Crippen LogP contribution >= 0.6 is 0 Å². The first-order valence-corrected chi connectivity index (χ1v) is 6.87. The smallest absolute Gasteiger partial charge is 0.223 e. The minimum atomic E-state index is 0.314. The molecule has 1 aliphatic heterocycles. The van der Waals surface area contributed by atoms with Crippen molar-refractivity contribution in [3.8, 4) is 0 Å². The fraction of sp³-hybridized carbons (Fsp3) is 0.923. The summed E-state index contributed by atoms with van der Waals surface area (Å²) < 4.78 is 0. The van der Waals surface area contributed by atoms with E-state index in [4.69, 9.17) is 0 Å². The molecule has 1 amide bonds. The summed E-state index contributed by atoms with van der Waals surface area (Å²) in [4.78, 5) is 11.8. The Kier molecular flexibility index (Phi) is 6.46. The molecule has 1 aliphatic carbocycles. The van der Waals surface area contributed by atoms with Gasteiger partial charge in [-0.15, -0.1) is 0 Å². The van der Waals surface area contributed by atoms with Gasteiger partial charge in [0, 0.05) is 12.0 Å². The number of hydrogen-bond donors (Lipinski definition) is 2. The molecule has 0 atom stereocenters. The van der Waals surface area contributed by atoms with Crippen LogP contribution in [0.1, 0.15) is 52.4 Å². The molecule has 0 bridgehead atoms. The van der Waals surface area contributed by atoms with E-state index >= 15 is 0 Å². The van der Waals surface area contributed by atoms with Crippen LogP contribution in [-0.4, -0.2) is 25.0 Å². The summed E-state index contributed by atoms with van der Waals surface area (Å²) in [6, 6.07) is 0.435. The zero-order chi connectivity index (χ0) is 11.8. The van der Waals surface area contributed by atoms with Crippen LogP contribution in [0.3, 0.4) is 0 Å². The topological polar surface area (TPSA) is 41.1 Å². The molecule has 2 fully saturated rings. The molecule has 2 aliphatic rings. The Morgan fingerprint density at radius 3 is 2.19 bits per heavy atom. The highest BCUT2D eigenvalue weighted by molar-refractivity contribution is 5.79. The molecule has 1 saturated carbocycles. The van der Waals surface area contributed by atoms with Crippen molar-refractivity contribution >= 4 is 5.91 Å². The van der Waals surface area contributed by atoms with Gasteiger partial charge >= 0.3 is 0 Å². The molecular formula is C13H26N2O. The van der Waals surface area contributed by atoms with Crippen LogP contribution in [0.2, 0.25) is 0 Å². The lowest BCUT2D eigenvalue weighted by atomic mass is 10.0. The molecule has 3 nitrogen and oxygen atoms in total. The van der Waals surface area contributed by atoms with Crippen molar-refractivity contribution in [3.05, 3.63) is 0 Å². The predicted molar refractivity (Wildman–Crippen MR) is 67.3 cm³/mol. The number of piperidine rings is 1. The van der Waals surface area contributed by atoms with Crippen LogP contribution in [-0.2, 0) is 4.79 Å². The van der Waals surface area contributed by atoms with Crippen molar-refractivity contribution in [1.82, 2.24) is 10.6 Å². The van der Waals surface area contributed by atoms with Crippen molar-refractivity contribution in [1.29, 1.82) is 0 Å². The Morgan fingerprint density at radius 2 is 1.62 bits per heavy atom. The lowest BCUT2D eigenvalue weighted by Gasteiger charge is -2.25. The molecule has 0 aromatic carbocycles. The Balaban J connectivity index is 0.000000606. The van der Waals surface area contributed by atoms with Crippen LogP contribution in [0.15, 0.2) is 0 Å². The van der Waals surface area contributed by atoms with Crippen LogP contribution in [0.25, 0.3) is 0 Å². The molecule has 3 heteroatoms. The highest BCUT2D eigenvalue weighted by atomic mass is 16.1. The van der Waals surface area contributed by atoms with Gasteiger partial charge in [0.25, 0.3) is 0 Å². The normalized spacial score (nSPS) is 22.4. The van der Waals surface area contributed by atoms with Gasteiger partial charge in [-0.3, -0.25) is 4.79 Å².